The van der Waals surface area contributed by atoms with Crippen molar-refractivity contribution in [1.82, 2.24) is 0 Å². The summed E-state index contributed by atoms with van der Waals surface area (Å²) in [6.45, 7) is 3.55. The van der Waals surface area contributed by atoms with Crippen LogP contribution in [-0.2, 0) is 14.3 Å². The fraction of sp³-hybridized carbons (Fsp3) is 0.389. The molecule has 148 valence electrons. The lowest BCUT2D eigenvalue weighted by atomic mass is 10.2. The normalized spacial score (nSPS) is 12.1. The number of esters is 1. The molecule has 1 aromatic rings. The van der Waals surface area contributed by atoms with E-state index in [1.807, 2.05) is 0 Å². The predicted molar refractivity (Wildman–Crippen MR) is 99.0 cm³/mol. The molecule has 0 saturated carbocycles. The Balaban J connectivity index is 3.03. The maximum Gasteiger partial charge on any atom is 0.388 e. The highest BCUT2D eigenvalue weighted by Gasteiger charge is 2.31. The first-order valence-corrected chi connectivity index (χ1v) is 11.4. The van der Waals surface area contributed by atoms with E-state index in [-0.39, 0.29) is 22.6 Å². The van der Waals surface area contributed by atoms with Crippen molar-refractivity contribution in [3.05, 3.63) is 40.8 Å². The second-order valence-corrected chi connectivity index (χ2v) is 11.1. The number of halogens is 4. The molecule has 0 fully saturated rings. The van der Waals surface area contributed by atoms with Gasteiger partial charge in [0.1, 0.15) is 20.1 Å². The first-order chi connectivity index (χ1) is 12.5. The minimum Gasteiger partial charge on any atom is -0.500 e. The number of carbonyl (C=O) groups excluding carboxylic acids is 1. The summed E-state index contributed by atoms with van der Waals surface area (Å²) in [5, 5.41) is 0.222. The van der Waals surface area contributed by atoms with Crippen molar-refractivity contribution in [2.45, 2.75) is 31.7 Å². The molecule has 0 heterocycles. The van der Waals surface area contributed by atoms with E-state index in [4.69, 9.17) is 21.1 Å². The van der Waals surface area contributed by atoms with Gasteiger partial charge in [0.15, 0.2) is 0 Å². The molecular weight excluding hydrogens is 401 g/mol. The smallest absolute Gasteiger partial charge is 0.388 e. The number of carbonyl (C=O) groups is 1. The second-order valence-electron chi connectivity index (χ2n) is 6.21. The van der Waals surface area contributed by atoms with Crippen LogP contribution in [-0.4, -0.2) is 34.4 Å². The number of ether oxygens (including phenoxy) is 3. The third-order valence-electron chi connectivity index (χ3n) is 3.34. The first kappa shape index (κ1) is 22.9. The molecule has 0 N–H and O–H groups in total. The zero-order valence-electron chi connectivity index (χ0n) is 15.4. The van der Waals surface area contributed by atoms with Crippen molar-refractivity contribution < 1.29 is 32.2 Å². The molecule has 1 aromatic carbocycles. The molecule has 0 bridgehead atoms. The number of hydrogen-bond donors (Lipinski definition) is 0. The van der Waals surface area contributed by atoms with E-state index in [2.05, 4.69) is 16.2 Å². The molecule has 1 rings (SSSR count). The Hall–Kier alpha value is -2.11. The molecule has 9 heteroatoms. The lowest BCUT2D eigenvalue weighted by Crippen LogP contribution is -2.26. The number of hydrogen-bond acceptors (Lipinski definition) is 4. The molecule has 0 saturated heterocycles. The summed E-state index contributed by atoms with van der Waals surface area (Å²) in [6, 6.07) is 4.65. The van der Waals surface area contributed by atoms with Crippen molar-refractivity contribution in [2.75, 3.05) is 14.2 Å². The van der Waals surface area contributed by atoms with E-state index >= 15 is 0 Å². The van der Waals surface area contributed by atoms with Gasteiger partial charge in [-0.25, -0.2) is 4.79 Å². The molecule has 0 atom stereocenters. The molecular formula is C18H20ClF3O4Si. The van der Waals surface area contributed by atoms with E-state index in [9.17, 15) is 18.0 Å². The zero-order chi connectivity index (χ0) is 20.7. The molecule has 0 aliphatic heterocycles. The Morgan fingerprint density at radius 1 is 1.30 bits per heavy atom. The number of alkyl halides is 3. The Morgan fingerprint density at radius 3 is 2.52 bits per heavy atom. The van der Waals surface area contributed by atoms with Crippen LogP contribution in [0.25, 0.3) is 0 Å². The summed E-state index contributed by atoms with van der Waals surface area (Å²) in [5.41, 5.74) is 3.47. The van der Waals surface area contributed by atoms with Crippen LogP contribution in [0.4, 0.5) is 13.2 Å². The largest absolute Gasteiger partial charge is 0.500 e. The molecule has 0 unspecified atom stereocenters. The van der Waals surface area contributed by atoms with E-state index in [0.29, 0.717) is 5.56 Å². The Kier molecular flexibility index (Phi) is 8.25. The van der Waals surface area contributed by atoms with Crippen molar-refractivity contribution in [2.24, 2.45) is 0 Å². The third-order valence-corrected chi connectivity index (χ3v) is 5.96. The average molecular weight is 421 g/mol. The van der Waals surface area contributed by atoms with E-state index in [1.165, 1.54) is 26.4 Å². The van der Waals surface area contributed by atoms with Gasteiger partial charge in [-0.1, -0.05) is 30.6 Å². The maximum atomic E-state index is 12.4. The standard InChI is InChI=1S/C18H20ClF3O4Si/c1-24-12-16(17(23)25-2)26-15-11-13(5-6-14(15)19)7-9-27(3,4)10-8-18(20,21)22/h5-6,11-12H,8,10H2,1-4H3/b16-12-. The van der Waals surface area contributed by atoms with Gasteiger partial charge in [-0.2, -0.15) is 13.2 Å². The molecule has 0 spiro atoms. The van der Waals surface area contributed by atoms with Gasteiger partial charge >= 0.3 is 12.1 Å². The number of benzene rings is 1. The SMILES string of the molecule is CO/C=C(\Oc1cc(C#C[Si](C)(C)CCC(F)(F)F)ccc1Cl)C(=O)OC. The van der Waals surface area contributed by atoms with Crippen LogP contribution in [0.2, 0.25) is 24.2 Å². The molecule has 27 heavy (non-hydrogen) atoms. The van der Waals surface area contributed by atoms with Crippen LogP contribution in [0.15, 0.2) is 30.2 Å². The van der Waals surface area contributed by atoms with Gasteiger partial charge in [-0.05, 0) is 24.2 Å². The minimum absolute atomic E-state index is 0.0174. The van der Waals surface area contributed by atoms with Crippen molar-refractivity contribution in [3.63, 3.8) is 0 Å². The van der Waals surface area contributed by atoms with Gasteiger partial charge in [0.05, 0.1) is 19.2 Å². The lowest BCUT2D eigenvalue weighted by molar-refractivity contribution is -0.138. The van der Waals surface area contributed by atoms with E-state index < -0.39 is 26.6 Å². The monoisotopic (exact) mass is 420 g/mol. The summed E-state index contributed by atoms with van der Waals surface area (Å²) >= 11 is 6.07. The van der Waals surface area contributed by atoms with Gasteiger partial charge in [-0.15, -0.1) is 5.54 Å². The molecule has 0 radical (unpaired) electrons. The lowest BCUT2D eigenvalue weighted by Gasteiger charge is -2.15. The van der Waals surface area contributed by atoms with Crippen LogP contribution in [0.1, 0.15) is 12.0 Å². The number of rotatable bonds is 6. The van der Waals surface area contributed by atoms with Crippen molar-refractivity contribution in [1.29, 1.82) is 0 Å². The summed E-state index contributed by atoms with van der Waals surface area (Å²) < 4.78 is 52.0. The van der Waals surface area contributed by atoms with Crippen molar-refractivity contribution >= 4 is 25.6 Å². The zero-order valence-corrected chi connectivity index (χ0v) is 17.1. The van der Waals surface area contributed by atoms with Crippen LogP contribution in [0.5, 0.6) is 5.75 Å². The molecule has 0 aliphatic rings. The fourth-order valence-corrected chi connectivity index (χ4v) is 3.53. The highest BCUT2D eigenvalue weighted by atomic mass is 35.5. The summed E-state index contributed by atoms with van der Waals surface area (Å²) in [7, 11) is 0.168. The molecule has 0 aliphatic carbocycles. The summed E-state index contributed by atoms with van der Waals surface area (Å²) in [5.74, 6) is 2.05. The predicted octanol–water partition coefficient (Wildman–Crippen LogP) is 4.93. The highest BCUT2D eigenvalue weighted by Crippen LogP contribution is 2.28. The molecule has 0 amide bonds. The second kappa shape index (κ2) is 9.72. The summed E-state index contributed by atoms with van der Waals surface area (Å²) in [6.07, 6.45) is -3.97. The molecule has 4 nitrogen and oxygen atoms in total. The minimum atomic E-state index is -4.19. The molecule has 0 aromatic heterocycles. The fourth-order valence-electron chi connectivity index (χ4n) is 1.86. The van der Waals surface area contributed by atoms with E-state index in [0.717, 1.165) is 6.26 Å². The van der Waals surface area contributed by atoms with Crippen LogP contribution >= 0.6 is 11.6 Å². The topological polar surface area (TPSA) is 44.8 Å². The highest BCUT2D eigenvalue weighted by molar-refractivity contribution is 6.85. The average Bonchev–Trinajstić information content (AvgIpc) is 2.59. The van der Waals surface area contributed by atoms with Crippen molar-refractivity contribution in [3.8, 4) is 17.2 Å². The van der Waals surface area contributed by atoms with Crippen LogP contribution in [0.3, 0.4) is 0 Å². The Morgan fingerprint density at radius 2 is 1.96 bits per heavy atom. The first-order valence-electron chi connectivity index (χ1n) is 7.86. The number of methoxy groups -OCH3 is 2. The van der Waals surface area contributed by atoms with E-state index in [1.54, 1.807) is 19.2 Å². The quantitative estimate of drug-likeness (QED) is 0.215. The Bertz CT molecular complexity index is 764. The van der Waals surface area contributed by atoms with Gasteiger partial charge < -0.3 is 14.2 Å². The Labute approximate surface area is 162 Å². The summed E-state index contributed by atoms with van der Waals surface area (Å²) in [4.78, 5) is 11.7. The van der Waals surface area contributed by atoms with Crippen LogP contribution < -0.4 is 4.74 Å². The van der Waals surface area contributed by atoms with Crippen LogP contribution in [0, 0.1) is 11.5 Å². The van der Waals surface area contributed by atoms with Gasteiger partial charge in [0.25, 0.3) is 0 Å². The maximum absolute atomic E-state index is 12.4. The van der Waals surface area contributed by atoms with Gasteiger partial charge in [0, 0.05) is 12.0 Å². The third kappa shape index (κ3) is 8.41. The van der Waals surface area contributed by atoms with Gasteiger partial charge in [-0.3, -0.25) is 0 Å². The van der Waals surface area contributed by atoms with Gasteiger partial charge in [0.2, 0.25) is 5.76 Å².